The van der Waals surface area contributed by atoms with Gasteiger partial charge in [0.05, 0.1) is 5.56 Å². The largest absolute Gasteiger partial charge is 0.419 e. The number of alkyl halides is 3. The van der Waals surface area contributed by atoms with Crippen LogP contribution in [0.4, 0.5) is 17.6 Å². The second-order valence-corrected chi connectivity index (χ2v) is 9.11. The molecule has 0 unspecified atom stereocenters. The molecular formula is C9H10F4S2. The molecule has 0 fully saturated rings. The maximum atomic E-state index is 13.5. The number of hydrogen-bond acceptors (Lipinski definition) is 1. The van der Waals surface area contributed by atoms with E-state index in [-0.39, 0.29) is 4.90 Å². The highest BCUT2D eigenvalue weighted by Crippen LogP contribution is 2.55. The molecule has 0 saturated heterocycles. The maximum absolute atomic E-state index is 13.5. The lowest BCUT2D eigenvalue weighted by Crippen LogP contribution is -2.09. The third kappa shape index (κ3) is 2.81. The summed E-state index contributed by atoms with van der Waals surface area (Å²) in [4.78, 5) is 0.0284. The number of benzene rings is 1. The predicted octanol–water partition coefficient (Wildman–Crippen LogP) is 4.11. The van der Waals surface area contributed by atoms with Gasteiger partial charge >= 0.3 is 6.18 Å². The molecule has 0 aliphatic heterocycles. The van der Waals surface area contributed by atoms with Crippen LogP contribution in [0.15, 0.2) is 23.1 Å². The monoisotopic (exact) mass is 258 g/mol. The van der Waals surface area contributed by atoms with Crippen LogP contribution in [0.1, 0.15) is 5.56 Å². The molecule has 0 heterocycles. The summed E-state index contributed by atoms with van der Waals surface area (Å²) in [6, 6.07) is 3.27. The lowest BCUT2D eigenvalue weighted by molar-refractivity contribution is -0.140. The van der Waals surface area contributed by atoms with E-state index in [1.165, 1.54) is 12.1 Å². The lowest BCUT2D eigenvalue weighted by atomic mass is 10.2. The zero-order valence-corrected chi connectivity index (χ0v) is 9.81. The first-order valence-electron chi connectivity index (χ1n) is 3.95. The predicted molar refractivity (Wildman–Crippen MR) is 58.1 cm³/mol. The van der Waals surface area contributed by atoms with E-state index >= 15 is 0 Å². The summed E-state index contributed by atoms with van der Waals surface area (Å²) in [6.07, 6.45) is -1.41. The first kappa shape index (κ1) is 12.7. The van der Waals surface area contributed by atoms with Crippen LogP contribution < -0.4 is 0 Å². The van der Waals surface area contributed by atoms with E-state index in [9.17, 15) is 17.6 Å². The van der Waals surface area contributed by atoms with Gasteiger partial charge in [-0.2, -0.15) is 22.2 Å². The average molecular weight is 258 g/mol. The van der Waals surface area contributed by atoms with Gasteiger partial charge in [-0.05, 0) is 24.6 Å². The van der Waals surface area contributed by atoms with Crippen molar-refractivity contribution in [2.24, 2.45) is 0 Å². The minimum absolute atomic E-state index is 0.0284. The van der Waals surface area contributed by atoms with Gasteiger partial charge in [0, 0.05) is 4.90 Å². The number of thiol groups is 1. The molecule has 6 heteroatoms. The van der Waals surface area contributed by atoms with Crippen molar-refractivity contribution >= 4 is 20.7 Å². The molecule has 0 saturated carbocycles. The fraction of sp³-hybridized carbons (Fsp3) is 0.333. The molecule has 0 bridgehead atoms. The summed E-state index contributed by atoms with van der Waals surface area (Å²) in [5.41, 5.74) is -1.23. The van der Waals surface area contributed by atoms with Gasteiger partial charge in [0.15, 0.2) is 0 Å². The van der Waals surface area contributed by atoms with Crippen LogP contribution >= 0.6 is 20.7 Å². The van der Waals surface area contributed by atoms with Crippen molar-refractivity contribution in [3.63, 3.8) is 0 Å². The maximum Gasteiger partial charge on any atom is 0.419 e. The topological polar surface area (TPSA) is 0 Å². The van der Waals surface area contributed by atoms with Crippen LogP contribution in [0.25, 0.3) is 0 Å². The second-order valence-electron chi connectivity index (χ2n) is 3.39. The zero-order valence-electron chi connectivity index (χ0n) is 8.10. The SMILES string of the molecule is CS(C)(S)c1cccc(C(F)(F)F)c1F. The molecule has 0 nitrogen and oxygen atoms in total. The van der Waals surface area contributed by atoms with E-state index < -0.39 is 26.6 Å². The molecule has 0 spiro atoms. The Balaban J connectivity index is 3.37. The van der Waals surface area contributed by atoms with Crippen LogP contribution in [0, 0.1) is 5.82 Å². The van der Waals surface area contributed by atoms with E-state index in [2.05, 4.69) is 11.7 Å². The minimum Gasteiger partial charge on any atom is -0.205 e. The van der Waals surface area contributed by atoms with Crippen molar-refractivity contribution < 1.29 is 17.6 Å². The van der Waals surface area contributed by atoms with E-state index in [1.807, 2.05) is 0 Å². The summed E-state index contributed by atoms with van der Waals surface area (Å²) in [7, 11) is -1.80. The summed E-state index contributed by atoms with van der Waals surface area (Å²) in [6.45, 7) is 0. The van der Waals surface area contributed by atoms with Crippen molar-refractivity contribution in [1.82, 2.24) is 0 Å². The fourth-order valence-corrected chi connectivity index (χ4v) is 2.50. The smallest absolute Gasteiger partial charge is 0.205 e. The highest BCUT2D eigenvalue weighted by atomic mass is 33.1. The molecule has 0 N–H and O–H groups in total. The zero-order chi connectivity index (χ0) is 11.9. The molecule has 1 aromatic rings. The molecule has 15 heavy (non-hydrogen) atoms. The Morgan fingerprint density at radius 2 is 1.73 bits per heavy atom. The van der Waals surface area contributed by atoms with Gasteiger partial charge in [0.25, 0.3) is 0 Å². The van der Waals surface area contributed by atoms with Gasteiger partial charge in [-0.15, -0.1) is 11.7 Å². The molecule has 1 aromatic carbocycles. The molecular weight excluding hydrogens is 248 g/mol. The third-order valence-electron chi connectivity index (χ3n) is 1.81. The van der Waals surface area contributed by atoms with Crippen LogP contribution in [-0.4, -0.2) is 12.5 Å². The first-order chi connectivity index (χ1) is 6.64. The number of hydrogen-bond donors (Lipinski definition) is 1. The van der Waals surface area contributed by atoms with Gasteiger partial charge in [-0.1, -0.05) is 6.07 Å². The molecule has 0 radical (unpaired) electrons. The second kappa shape index (κ2) is 3.90. The van der Waals surface area contributed by atoms with Crippen LogP contribution in [0.3, 0.4) is 0 Å². The Labute approximate surface area is 91.8 Å². The van der Waals surface area contributed by atoms with Crippen molar-refractivity contribution in [2.45, 2.75) is 11.1 Å². The van der Waals surface area contributed by atoms with E-state index in [1.54, 1.807) is 12.5 Å². The van der Waals surface area contributed by atoms with Gasteiger partial charge in [-0.25, -0.2) is 4.39 Å². The highest BCUT2D eigenvalue weighted by molar-refractivity contribution is 8.87. The summed E-state index contributed by atoms with van der Waals surface area (Å²) >= 11 is 4.13. The Morgan fingerprint density at radius 1 is 1.20 bits per heavy atom. The number of halogens is 4. The van der Waals surface area contributed by atoms with Crippen LogP contribution in [0.5, 0.6) is 0 Å². The fourth-order valence-electron chi connectivity index (χ4n) is 1.12. The standard InChI is InChI=1S/C9H10F4S2/c1-15(2,14)7-5-3-4-6(8(7)10)9(11,12)13/h3-5,14H,1-2H3. The molecule has 0 atom stereocenters. The Kier molecular flexibility index (Phi) is 3.30. The van der Waals surface area contributed by atoms with Crippen molar-refractivity contribution in [2.75, 3.05) is 12.5 Å². The minimum atomic E-state index is -4.65. The summed E-state index contributed by atoms with van der Waals surface area (Å²) in [5.74, 6) is -1.21. The summed E-state index contributed by atoms with van der Waals surface area (Å²) < 4.78 is 50.6. The third-order valence-corrected chi connectivity index (χ3v) is 3.79. The van der Waals surface area contributed by atoms with Gasteiger partial charge in [-0.3, -0.25) is 0 Å². The molecule has 0 amide bonds. The van der Waals surface area contributed by atoms with Crippen molar-refractivity contribution in [3.05, 3.63) is 29.6 Å². The molecule has 86 valence electrons. The van der Waals surface area contributed by atoms with Crippen LogP contribution in [-0.2, 0) is 6.18 Å². The van der Waals surface area contributed by atoms with Gasteiger partial charge in [0.2, 0.25) is 0 Å². The van der Waals surface area contributed by atoms with Crippen LogP contribution in [0.2, 0.25) is 0 Å². The quantitative estimate of drug-likeness (QED) is 0.437. The van der Waals surface area contributed by atoms with E-state index in [4.69, 9.17) is 0 Å². The Morgan fingerprint density at radius 3 is 2.13 bits per heavy atom. The molecule has 0 aliphatic carbocycles. The Hall–Kier alpha value is -0.360. The van der Waals surface area contributed by atoms with Gasteiger partial charge in [0.1, 0.15) is 5.82 Å². The molecule has 0 aromatic heterocycles. The lowest BCUT2D eigenvalue weighted by Gasteiger charge is -2.25. The highest BCUT2D eigenvalue weighted by Gasteiger charge is 2.35. The van der Waals surface area contributed by atoms with E-state index in [0.29, 0.717) is 0 Å². The summed E-state index contributed by atoms with van der Waals surface area (Å²) in [5, 5.41) is 0. The van der Waals surface area contributed by atoms with Crippen molar-refractivity contribution in [1.29, 1.82) is 0 Å². The normalized spacial score (nSPS) is 14.1. The average Bonchev–Trinajstić information content (AvgIpc) is 1.99. The first-order valence-corrected chi connectivity index (χ1v) is 7.45. The molecule has 1 rings (SSSR count). The van der Waals surface area contributed by atoms with Crippen molar-refractivity contribution in [3.8, 4) is 0 Å². The van der Waals surface area contributed by atoms with Gasteiger partial charge < -0.3 is 0 Å². The molecule has 0 aliphatic rings. The Bertz CT molecular complexity index is 333. The van der Waals surface area contributed by atoms with E-state index in [0.717, 1.165) is 6.07 Å². The number of rotatable bonds is 1.